The Morgan fingerprint density at radius 1 is 0.971 bits per heavy atom. The van der Waals surface area contributed by atoms with Crippen molar-refractivity contribution in [1.82, 2.24) is 16.2 Å². The number of Topliss-reactive ketones (excluding diaryl/α,β-unsaturated/α-hetero) is 1. The summed E-state index contributed by atoms with van der Waals surface area (Å²) in [4.78, 5) is 26.3. The molecule has 4 atom stereocenters. The minimum Gasteiger partial charge on any atom is -0.378 e. The lowest BCUT2D eigenvalue weighted by Crippen LogP contribution is -2.51. The fourth-order valence-corrected chi connectivity index (χ4v) is 5.76. The third kappa shape index (κ3) is 3.86. The number of hydrogen-bond donors (Lipinski definition) is 3. The molecular weight excluding hydrogens is 430 g/mol. The van der Waals surface area contributed by atoms with Crippen LogP contribution in [0.25, 0.3) is 0 Å². The van der Waals surface area contributed by atoms with Crippen molar-refractivity contribution < 1.29 is 9.72 Å². The first kappa shape index (κ1) is 22.6. The monoisotopic (exact) mass is 461 g/mol. The minimum absolute atomic E-state index is 0.00979. The van der Waals surface area contributed by atoms with E-state index >= 15 is 0 Å². The Hall–Kier alpha value is -3.23. The van der Waals surface area contributed by atoms with Gasteiger partial charge in [-0.2, -0.15) is 0 Å². The summed E-state index contributed by atoms with van der Waals surface area (Å²) < 4.78 is 0. The summed E-state index contributed by atoms with van der Waals surface area (Å²) in [6.45, 7) is 4.28. The molecule has 8 nitrogen and oxygen atoms in total. The summed E-state index contributed by atoms with van der Waals surface area (Å²) in [6, 6.07) is 15.0. The number of carbonyl (C=O) groups excluding carboxylic acids is 1. The molecule has 1 aliphatic carbocycles. The number of ketones is 1. The van der Waals surface area contributed by atoms with Crippen molar-refractivity contribution >= 4 is 17.2 Å². The van der Waals surface area contributed by atoms with Gasteiger partial charge in [-0.3, -0.25) is 14.9 Å². The number of hydrazine groups is 1. The second-order valence-electron chi connectivity index (χ2n) is 10.6. The van der Waals surface area contributed by atoms with Crippen LogP contribution in [-0.2, 0) is 4.79 Å². The second kappa shape index (κ2) is 8.21. The third-order valence-electron chi connectivity index (χ3n) is 7.34. The lowest BCUT2D eigenvalue weighted by atomic mass is 9.65. The molecule has 34 heavy (non-hydrogen) atoms. The SMILES string of the molecule is CN(C)c1ccc(C2C3=C(CC(C)(C)CC3=O)NC3NNC(c4ccc([N+](=O)[O-])cc4)C32)cc1. The molecule has 0 spiro atoms. The molecular formula is C26H31N5O3. The van der Waals surface area contributed by atoms with Crippen molar-refractivity contribution in [3.05, 3.63) is 81.0 Å². The summed E-state index contributed by atoms with van der Waals surface area (Å²) in [5.41, 5.74) is 11.9. The molecule has 0 amide bonds. The van der Waals surface area contributed by atoms with E-state index in [0.29, 0.717) is 6.42 Å². The zero-order chi connectivity index (χ0) is 24.2. The van der Waals surface area contributed by atoms with Gasteiger partial charge in [-0.25, -0.2) is 10.9 Å². The number of nitrogens with zero attached hydrogens (tertiary/aromatic N) is 2. The Kier molecular flexibility index (Phi) is 5.45. The number of non-ortho nitro benzene ring substituents is 1. The number of nitrogens with one attached hydrogen (secondary N) is 3. The van der Waals surface area contributed by atoms with E-state index in [-0.39, 0.29) is 45.9 Å². The van der Waals surface area contributed by atoms with Crippen LogP contribution < -0.4 is 21.1 Å². The van der Waals surface area contributed by atoms with Crippen molar-refractivity contribution in [2.45, 2.75) is 44.8 Å². The number of carbonyl (C=O) groups is 1. The van der Waals surface area contributed by atoms with E-state index in [1.54, 1.807) is 12.1 Å². The lowest BCUT2D eigenvalue weighted by molar-refractivity contribution is -0.384. The average Bonchev–Trinajstić information content (AvgIpc) is 3.20. The summed E-state index contributed by atoms with van der Waals surface area (Å²) in [7, 11) is 4.02. The molecule has 2 aromatic carbocycles. The van der Waals surface area contributed by atoms with Gasteiger partial charge in [-0.1, -0.05) is 38.1 Å². The fraction of sp³-hybridized carbons (Fsp3) is 0.423. The first-order valence-electron chi connectivity index (χ1n) is 11.7. The highest BCUT2D eigenvalue weighted by Crippen LogP contribution is 2.51. The van der Waals surface area contributed by atoms with E-state index in [9.17, 15) is 14.9 Å². The van der Waals surface area contributed by atoms with Gasteiger partial charge >= 0.3 is 0 Å². The Balaban J connectivity index is 1.60. The van der Waals surface area contributed by atoms with Gasteiger partial charge in [0.05, 0.1) is 17.1 Å². The standard InChI is InChI=1S/C26H31N5O3/c1-26(2)13-19-22(20(32)14-26)21(15-5-9-17(10-6-15)30(3)4)23-24(28-29-25(23)27-19)16-7-11-18(12-8-16)31(33)34/h5-12,21,23-25,27-29H,13-14H2,1-4H3. The number of nitro groups is 1. The van der Waals surface area contributed by atoms with Gasteiger partial charge in [0.2, 0.25) is 0 Å². The molecule has 1 saturated heterocycles. The van der Waals surface area contributed by atoms with Crippen LogP contribution in [0.5, 0.6) is 0 Å². The zero-order valence-corrected chi connectivity index (χ0v) is 20.0. The van der Waals surface area contributed by atoms with Crippen LogP contribution >= 0.6 is 0 Å². The van der Waals surface area contributed by atoms with E-state index < -0.39 is 0 Å². The maximum Gasteiger partial charge on any atom is 0.269 e. The Labute approximate surface area is 199 Å². The second-order valence-corrected chi connectivity index (χ2v) is 10.6. The van der Waals surface area contributed by atoms with Crippen molar-refractivity contribution in [2.24, 2.45) is 11.3 Å². The van der Waals surface area contributed by atoms with Crippen LogP contribution in [0.3, 0.4) is 0 Å². The van der Waals surface area contributed by atoms with E-state index in [1.165, 1.54) is 0 Å². The van der Waals surface area contributed by atoms with E-state index in [1.807, 2.05) is 26.2 Å². The summed E-state index contributed by atoms with van der Waals surface area (Å²) in [6.07, 6.45) is 1.28. The number of allylic oxidation sites excluding steroid dienone is 2. The predicted octanol–water partition coefficient (Wildman–Crippen LogP) is 3.78. The molecule has 2 heterocycles. The summed E-state index contributed by atoms with van der Waals surface area (Å²) in [5, 5.41) is 14.8. The van der Waals surface area contributed by atoms with Gasteiger partial charge < -0.3 is 10.2 Å². The lowest BCUT2D eigenvalue weighted by Gasteiger charge is -2.44. The quantitative estimate of drug-likeness (QED) is 0.471. The molecule has 4 unspecified atom stereocenters. The van der Waals surface area contributed by atoms with Crippen molar-refractivity contribution in [3.8, 4) is 0 Å². The molecule has 8 heteroatoms. The molecule has 0 radical (unpaired) electrons. The smallest absolute Gasteiger partial charge is 0.269 e. The number of nitro benzene ring substituents is 1. The van der Waals surface area contributed by atoms with Gasteiger partial charge in [0, 0.05) is 61.4 Å². The van der Waals surface area contributed by atoms with E-state index in [2.05, 4.69) is 59.2 Å². The highest BCUT2D eigenvalue weighted by atomic mass is 16.6. The predicted molar refractivity (Wildman–Crippen MR) is 131 cm³/mol. The van der Waals surface area contributed by atoms with Crippen LogP contribution in [0.4, 0.5) is 11.4 Å². The number of hydrogen-bond acceptors (Lipinski definition) is 7. The van der Waals surface area contributed by atoms with Gasteiger partial charge in [0.15, 0.2) is 5.78 Å². The first-order chi connectivity index (χ1) is 16.1. The largest absolute Gasteiger partial charge is 0.378 e. The third-order valence-corrected chi connectivity index (χ3v) is 7.34. The molecule has 2 aliphatic heterocycles. The molecule has 0 saturated carbocycles. The van der Waals surface area contributed by atoms with E-state index in [4.69, 9.17) is 0 Å². The van der Waals surface area contributed by atoms with E-state index in [0.717, 1.165) is 34.5 Å². The molecule has 2 aromatic rings. The van der Waals surface area contributed by atoms with Gasteiger partial charge in [-0.05, 0) is 35.1 Å². The fourth-order valence-electron chi connectivity index (χ4n) is 5.76. The highest BCUT2D eigenvalue weighted by Gasteiger charge is 2.51. The van der Waals surface area contributed by atoms with Crippen molar-refractivity contribution in [2.75, 3.05) is 19.0 Å². The topological polar surface area (TPSA) is 99.5 Å². The first-order valence-corrected chi connectivity index (χ1v) is 11.7. The summed E-state index contributed by atoms with van der Waals surface area (Å²) in [5.74, 6) is 0.118. The Bertz CT molecular complexity index is 1150. The van der Waals surface area contributed by atoms with Crippen LogP contribution in [0.1, 0.15) is 49.8 Å². The molecule has 5 rings (SSSR count). The highest BCUT2D eigenvalue weighted by molar-refractivity contribution is 5.99. The average molecular weight is 462 g/mol. The molecule has 0 bridgehead atoms. The van der Waals surface area contributed by atoms with Gasteiger partial charge in [-0.15, -0.1) is 0 Å². The maximum absolute atomic E-state index is 13.5. The Morgan fingerprint density at radius 2 is 1.62 bits per heavy atom. The summed E-state index contributed by atoms with van der Waals surface area (Å²) >= 11 is 0. The minimum atomic E-state index is -0.385. The molecule has 1 fully saturated rings. The molecule has 0 aromatic heterocycles. The molecule has 3 N–H and O–H groups in total. The normalized spacial score (nSPS) is 27.6. The van der Waals surface area contributed by atoms with Crippen LogP contribution in [0.2, 0.25) is 0 Å². The molecule has 3 aliphatic rings. The van der Waals surface area contributed by atoms with Gasteiger partial charge in [0.1, 0.15) is 0 Å². The van der Waals surface area contributed by atoms with Gasteiger partial charge in [0.25, 0.3) is 5.69 Å². The maximum atomic E-state index is 13.5. The van der Waals surface area contributed by atoms with Crippen molar-refractivity contribution in [3.63, 3.8) is 0 Å². The van der Waals surface area contributed by atoms with Crippen molar-refractivity contribution in [1.29, 1.82) is 0 Å². The number of rotatable bonds is 4. The van der Waals surface area contributed by atoms with Crippen LogP contribution in [0.15, 0.2) is 59.8 Å². The zero-order valence-electron chi connectivity index (χ0n) is 20.0. The number of fused-ring (bicyclic) bond motifs is 1. The number of benzene rings is 2. The van der Waals surface area contributed by atoms with Crippen LogP contribution in [-0.4, -0.2) is 31.0 Å². The van der Waals surface area contributed by atoms with Crippen LogP contribution in [0, 0.1) is 21.4 Å². The molecule has 178 valence electrons. The Morgan fingerprint density at radius 3 is 2.24 bits per heavy atom. The number of anilines is 1.